The number of hydrogen-bond donors (Lipinski definition) is 4. The number of fused-ring (bicyclic) bond motifs is 1. The Labute approximate surface area is 168 Å². The molecule has 8 nitrogen and oxygen atoms in total. The number of nitrogens with zero attached hydrogens (tertiary/aromatic N) is 1. The zero-order chi connectivity index (χ0) is 20.5. The van der Waals surface area contributed by atoms with Crippen LogP contribution in [0.5, 0.6) is 0 Å². The van der Waals surface area contributed by atoms with E-state index < -0.39 is 10.0 Å². The van der Waals surface area contributed by atoms with E-state index in [2.05, 4.69) is 35.0 Å². The van der Waals surface area contributed by atoms with Gasteiger partial charge >= 0.3 is 0 Å². The lowest BCUT2D eigenvalue weighted by Crippen LogP contribution is -2.27. The van der Waals surface area contributed by atoms with Crippen molar-refractivity contribution in [2.75, 3.05) is 10.6 Å². The lowest BCUT2D eigenvalue weighted by molar-refractivity contribution is -0.110. The first-order valence-corrected chi connectivity index (χ1v) is 10.3. The molecule has 0 fully saturated rings. The Morgan fingerprint density at radius 3 is 2.64 bits per heavy atom. The van der Waals surface area contributed by atoms with Crippen molar-refractivity contribution >= 4 is 50.3 Å². The number of carbonyl (C=O) groups is 1. The van der Waals surface area contributed by atoms with Gasteiger partial charge < -0.3 is 10.6 Å². The van der Waals surface area contributed by atoms with Gasteiger partial charge in [0.05, 0.1) is 10.6 Å². The van der Waals surface area contributed by atoms with Crippen LogP contribution in [0.1, 0.15) is 30.9 Å². The standard InChI is InChI=1S/C18H19N5O3S2/c1-10(2)11-6-7-15-14(8-11)16(17(24)21-15)22-23-18(27)20-12-4-3-5-13(9-12)28(19,25)26/h3-10H,1-2H3,(H2,19,25,26)(H2,20,23,27)(H,21,22,24). The summed E-state index contributed by atoms with van der Waals surface area (Å²) in [5, 5.41) is 14.9. The zero-order valence-electron chi connectivity index (χ0n) is 15.2. The monoisotopic (exact) mass is 417 g/mol. The number of nitrogens with one attached hydrogen (secondary N) is 3. The van der Waals surface area contributed by atoms with Crippen LogP contribution in [0.4, 0.5) is 11.4 Å². The number of nitrogens with two attached hydrogens (primary N) is 1. The predicted molar refractivity (Wildman–Crippen MR) is 113 cm³/mol. The Bertz CT molecular complexity index is 1090. The van der Waals surface area contributed by atoms with Crippen molar-refractivity contribution < 1.29 is 13.2 Å². The molecule has 1 aliphatic heterocycles. The van der Waals surface area contributed by atoms with E-state index in [1.54, 1.807) is 6.07 Å². The number of benzene rings is 2. The third kappa shape index (κ3) is 4.35. The van der Waals surface area contributed by atoms with Crippen molar-refractivity contribution in [2.24, 2.45) is 10.2 Å². The van der Waals surface area contributed by atoms with Crippen molar-refractivity contribution in [2.45, 2.75) is 24.7 Å². The van der Waals surface area contributed by atoms with E-state index in [0.29, 0.717) is 22.9 Å². The maximum Gasteiger partial charge on any atom is 0.276 e. The highest BCUT2D eigenvalue weighted by Gasteiger charge is 2.26. The van der Waals surface area contributed by atoms with Crippen molar-refractivity contribution in [3.05, 3.63) is 53.6 Å². The van der Waals surface area contributed by atoms with Crippen LogP contribution in [-0.2, 0) is 14.8 Å². The third-order valence-electron chi connectivity index (χ3n) is 4.12. The first-order chi connectivity index (χ1) is 13.1. The van der Waals surface area contributed by atoms with Gasteiger partial charge in [0.2, 0.25) is 10.0 Å². The SMILES string of the molecule is CC(C)c1ccc2c(c1)C(=NNC(=S)Nc1cccc(S(N)(=O)=O)c1)C(=O)N2. The van der Waals surface area contributed by atoms with E-state index in [4.69, 9.17) is 17.4 Å². The summed E-state index contributed by atoms with van der Waals surface area (Å²) in [6.07, 6.45) is 0. The number of hydrazone groups is 1. The first-order valence-electron chi connectivity index (χ1n) is 8.38. The second kappa shape index (κ2) is 7.66. The molecule has 0 aromatic heterocycles. The third-order valence-corrected chi connectivity index (χ3v) is 5.22. The molecule has 5 N–H and O–H groups in total. The fraction of sp³-hybridized carbons (Fsp3) is 0.167. The van der Waals surface area contributed by atoms with E-state index in [1.165, 1.54) is 18.2 Å². The maximum atomic E-state index is 12.2. The minimum Gasteiger partial charge on any atom is -0.331 e. The number of rotatable bonds is 4. The average Bonchev–Trinajstić information content (AvgIpc) is 2.93. The Kier molecular flexibility index (Phi) is 5.45. The number of carbonyl (C=O) groups excluding carboxylic acids is 1. The summed E-state index contributed by atoms with van der Waals surface area (Å²) in [6.45, 7) is 4.13. The molecule has 1 amide bonds. The Balaban J connectivity index is 1.77. The quantitative estimate of drug-likeness (QED) is 0.446. The van der Waals surface area contributed by atoms with Crippen LogP contribution in [0.25, 0.3) is 0 Å². The fourth-order valence-corrected chi connectivity index (χ4v) is 3.38. The summed E-state index contributed by atoms with van der Waals surface area (Å²) in [7, 11) is -3.82. The van der Waals surface area contributed by atoms with Crippen LogP contribution in [0.15, 0.2) is 52.5 Å². The number of amides is 1. The molecule has 2 aromatic carbocycles. The largest absolute Gasteiger partial charge is 0.331 e. The Hall–Kier alpha value is -2.82. The molecule has 0 bridgehead atoms. The molecular formula is C18H19N5O3S2. The molecule has 0 saturated heterocycles. The van der Waals surface area contributed by atoms with E-state index >= 15 is 0 Å². The Morgan fingerprint density at radius 1 is 1.21 bits per heavy atom. The molecule has 146 valence electrons. The van der Waals surface area contributed by atoms with Crippen LogP contribution in [0.3, 0.4) is 0 Å². The van der Waals surface area contributed by atoms with Crippen LogP contribution in [-0.4, -0.2) is 25.1 Å². The number of hydrogen-bond acceptors (Lipinski definition) is 5. The van der Waals surface area contributed by atoms with Crippen LogP contribution >= 0.6 is 12.2 Å². The number of thiocarbonyl (C=S) groups is 1. The number of anilines is 2. The van der Waals surface area contributed by atoms with Gasteiger partial charge in [-0.3, -0.25) is 10.2 Å². The van der Waals surface area contributed by atoms with E-state index in [0.717, 1.165) is 5.56 Å². The smallest absolute Gasteiger partial charge is 0.276 e. The summed E-state index contributed by atoms with van der Waals surface area (Å²) in [4.78, 5) is 12.2. The molecule has 0 radical (unpaired) electrons. The second-order valence-corrected chi connectivity index (χ2v) is 8.48. The molecular weight excluding hydrogens is 398 g/mol. The summed E-state index contributed by atoms with van der Waals surface area (Å²) < 4.78 is 22.9. The fourth-order valence-electron chi connectivity index (χ4n) is 2.66. The molecule has 0 spiro atoms. The summed E-state index contributed by atoms with van der Waals surface area (Å²) in [5.41, 5.74) is 5.73. The van der Waals surface area contributed by atoms with Gasteiger partial charge in [-0.15, -0.1) is 0 Å². The highest BCUT2D eigenvalue weighted by molar-refractivity contribution is 7.89. The topological polar surface area (TPSA) is 126 Å². The van der Waals surface area contributed by atoms with Gasteiger partial charge in [-0.1, -0.05) is 26.0 Å². The molecule has 10 heteroatoms. The highest BCUT2D eigenvalue weighted by atomic mass is 32.2. The van der Waals surface area contributed by atoms with Crippen molar-refractivity contribution in [3.8, 4) is 0 Å². The van der Waals surface area contributed by atoms with E-state index in [1.807, 2.05) is 18.2 Å². The van der Waals surface area contributed by atoms with Crippen LogP contribution in [0, 0.1) is 0 Å². The van der Waals surface area contributed by atoms with Crippen LogP contribution < -0.4 is 21.2 Å². The Morgan fingerprint density at radius 2 is 1.96 bits per heavy atom. The van der Waals surface area contributed by atoms with Crippen LogP contribution in [0.2, 0.25) is 0 Å². The molecule has 0 aliphatic carbocycles. The molecule has 0 saturated carbocycles. The summed E-state index contributed by atoms with van der Waals surface area (Å²) in [5.74, 6) is -0.0218. The number of sulfonamides is 1. The van der Waals surface area contributed by atoms with Gasteiger partial charge in [0.25, 0.3) is 5.91 Å². The van der Waals surface area contributed by atoms with Gasteiger partial charge in [0, 0.05) is 11.3 Å². The number of primary sulfonamides is 1. The molecule has 1 aliphatic rings. The summed E-state index contributed by atoms with van der Waals surface area (Å²) in [6, 6.07) is 11.6. The average molecular weight is 418 g/mol. The molecule has 2 aromatic rings. The van der Waals surface area contributed by atoms with Gasteiger partial charge in [0.15, 0.2) is 10.8 Å². The minimum atomic E-state index is -3.82. The zero-order valence-corrected chi connectivity index (χ0v) is 16.8. The second-order valence-electron chi connectivity index (χ2n) is 6.51. The highest BCUT2D eigenvalue weighted by Crippen LogP contribution is 2.27. The molecule has 28 heavy (non-hydrogen) atoms. The lowest BCUT2D eigenvalue weighted by atomic mass is 9.99. The van der Waals surface area contributed by atoms with E-state index in [9.17, 15) is 13.2 Å². The molecule has 1 heterocycles. The van der Waals surface area contributed by atoms with Crippen molar-refractivity contribution in [3.63, 3.8) is 0 Å². The first kappa shape index (κ1) is 19.9. The van der Waals surface area contributed by atoms with E-state index in [-0.39, 0.29) is 21.6 Å². The van der Waals surface area contributed by atoms with Gasteiger partial charge in [-0.05, 0) is 54.0 Å². The molecule has 0 unspecified atom stereocenters. The molecule has 0 atom stereocenters. The summed E-state index contributed by atoms with van der Waals surface area (Å²) >= 11 is 5.17. The molecule has 3 rings (SSSR count). The van der Waals surface area contributed by atoms with Gasteiger partial charge in [-0.25, -0.2) is 13.6 Å². The van der Waals surface area contributed by atoms with Crippen molar-refractivity contribution in [1.82, 2.24) is 5.43 Å². The van der Waals surface area contributed by atoms with Crippen molar-refractivity contribution in [1.29, 1.82) is 0 Å². The maximum absolute atomic E-state index is 12.2. The lowest BCUT2D eigenvalue weighted by Gasteiger charge is -2.09. The van der Waals surface area contributed by atoms with Gasteiger partial charge in [-0.2, -0.15) is 5.10 Å². The normalized spacial score (nSPS) is 14.7. The van der Waals surface area contributed by atoms with Gasteiger partial charge in [0.1, 0.15) is 0 Å². The minimum absolute atomic E-state index is 0.0445. The predicted octanol–water partition coefficient (Wildman–Crippen LogP) is 2.10.